The van der Waals surface area contributed by atoms with Crippen molar-refractivity contribution in [2.75, 3.05) is 19.6 Å². The van der Waals surface area contributed by atoms with Crippen LogP contribution in [0.25, 0.3) is 0 Å². The molecule has 0 radical (unpaired) electrons. The fraction of sp³-hybridized carbons (Fsp3) is 0.476. The molecule has 0 saturated carbocycles. The molecule has 0 aliphatic carbocycles. The van der Waals surface area contributed by atoms with Gasteiger partial charge in [0.05, 0.1) is 0 Å². The van der Waals surface area contributed by atoms with Gasteiger partial charge < -0.3 is 10.2 Å². The molecule has 1 saturated heterocycles. The summed E-state index contributed by atoms with van der Waals surface area (Å²) in [6.45, 7) is 14.0. The lowest BCUT2D eigenvalue weighted by Gasteiger charge is -2.25. The highest BCUT2D eigenvalue weighted by atomic mass is 16.2. The van der Waals surface area contributed by atoms with Crippen LogP contribution in [0.5, 0.6) is 0 Å². The second kappa shape index (κ2) is 7.94. The molecule has 0 spiro atoms. The number of hydrogen-bond donors (Lipinski definition) is 1. The number of hydrogen-bond acceptors (Lipinski definition) is 3. The van der Waals surface area contributed by atoms with E-state index in [9.17, 15) is 14.4 Å². The first kappa shape index (κ1) is 20.7. The molecule has 1 aliphatic heterocycles. The number of nitrogens with one attached hydrogen (secondary N) is 1. The van der Waals surface area contributed by atoms with Gasteiger partial charge in [0, 0.05) is 13.1 Å². The molecular formula is C21H29N3O3. The fourth-order valence-corrected chi connectivity index (χ4v) is 3.17. The van der Waals surface area contributed by atoms with Crippen molar-refractivity contribution in [1.82, 2.24) is 15.1 Å². The maximum Gasteiger partial charge on any atom is 0.325 e. The number of likely N-dealkylation sites (N-methyl/N-ethyl adjacent to an activating group) is 1. The molecule has 1 heterocycles. The van der Waals surface area contributed by atoms with Crippen molar-refractivity contribution < 1.29 is 14.4 Å². The van der Waals surface area contributed by atoms with E-state index in [1.807, 2.05) is 38.1 Å². The van der Waals surface area contributed by atoms with Crippen molar-refractivity contribution >= 4 is 17.8 Å². The van der Waals surface area contributed by atoms with E-state index in [0.717, 1.165) is 16.0 Å². The summed E-state index contributed by atoms with van der Waals surface area (Å²) in [4.78, 5) is 40.5. The van der Waals surface area contributed by atoms with Crippen LogP contribution in [0.4, 0.5) is 4.79 Å². The number of rotatable bonds is 7. The van der Waals surface area contributed by atoms with E-state index in [1.54, 1.807) is 11.8 Å². The number of nitrogens with zero attached hydrogens (tertiary/aromatic N) is 2. The molecule has 146 valence electrons. The highest BCUT2D eigenvalue weighted by Crippen LogP contribution is 2.30. The summed E-state index contributed by atoms with van der Waals surface area (Å²) in [6.07, 6.45) is 0. The maximum absolute atomic E-state index is 13.0. The third kappa shape index (κ3) is 4.21. The van der Waals surface area contributed by atoms with Gasteiger partial charge in [-0.15, -0.1) is 0 Å². The zero-order chi connectivity index (χ0) is 20.4. The first-order valence-corrected chi connectivity index (χ1v) is 9.26. The minimum absolute atomic E-state index is 0.272. The average Bonchev–Trinajstić information content (AvgIpc) is 2.83. The van der Waals surface area contributed by atoms with E-state index < -0.39 is 17.5 Å². The smallest absolute Gasteiger partial charge is 0.325 e. The van der Waals surface area contributed by atoms with Gasteiger partial charge in [0.25, 0.3) is 5.91 Å². The molecule has 1 fully saturated rings. The van der Waals surface area contributed by atoms with Gasteiger partial charge in [0.2, 0.25) is 5.91 Å². The van der Waals surface area contributed by atoms with Gasteiger partial charge in [-0.2, -0.15) is 0 Å². The van der Waals surface area contributed by atoms with E-state index in [0.29, 0.717) is 24.6 Å². The molecule has 1 N–H and O–H groups in total. The summed E-state index contributed by atoms with van der Waals surface area (Å²) in [7, 11) is 0. The number of benzene rings is 1. The van der Waals surface area contributed by atoms with Gasteiger partial charge in [0.1, 0.15) is 12.1 Å². The fourth-order valence-electron chi connectivity index (χ4n) is 3.17. The lowest BCUT2D eigenvalue weighted by Crippen LogP contribution is -2.44. The third-order valence-electron chi connectivity index (χ3n) is 4.92. The monoisotopic (exact) mass is 371 g/mol. The van der Waals surface area contributed by atoms with Gasteiger partial charge in [-0.05, 0) is 37.8 Å². The predicted molar refractivity (Wildman–Crippen MR) is 105 cm³/mol. The molecule has 0 aromatic heterocycles. The second-order valence-electron chi connectivity index (χ2n) is 7.59. The summed E-state index contributed by atoms with van der Waals surface area (Å²) in [6, 6.07) is 7.10. The van der Waals surface area contributed by atoms with E-state index in [4.69, 9.17) is 0 Å². The number of urea groups is 1. The van der Waals surface area contributed by atoms with Crippen molar-refractivity contribution in [2.45, 2.75) is 46.1 Å². The first-order valence-electron chi connectivity index (χ1n) is 9.26. The summed E-state index contributed by atoms with van der Waals surface area (Å²) >= 11 is 0. The number of amides is 4. The van der Waals surface area contributed by atoms with E-state index in [1.165, 1.54) is 0 Å². The highest BCUT2D eigenvalue weighted by molar-refractivity contribution is 6.09. The first-order chi connectivity index (χ1) is 12.6. The standard InChI is InChI=1S/C21H29N3O3/c1-7-23(12-14(2)3)18(25)13-24-19(26)21(6,22-20(24)27)17-10-8-16(9-11-17)15(4)5/h8-11,15H,2,7,12-13H2,1,3-6H3,(H,22,27). The molecule has 2 rings (SSSR count). The number of carbonyl (C=O) groups excluding carboxylic acids is 3. The Bertz CT molecular complexity index is 754. The summed E-state index contributed by atoms with van der Waals surface area (Å²) in [5.41, 5.74) is 1.54. The maximum atomic E-state index is 13.0. The molecule has 1 aromatic rings. The van der Waals surface area contributed by atoms with Crippen molar-refractivity contribution in [2.24, 2.45) is 0 Å². The lowest BCUT2D eigenvalue weighted by molar-refractivity contribution is -0.138. The quantitative estimate of drug-likeness (QED) is 0.592. The molecule has 0 bridgehead atoms. The minimum Gasteiger partial charge on any atom is -0.337 e. The van der Waals surface area contributed by atoms with Crippen LogP contribution < -0.4 is 5.32 Å². The van der Waals surface area contributed by atoms with Crippen molar-refractivity contribution in [1.29, 1.82) is 0 Å². The lowest BCUT2D eigenvalue weighted by atomic mass is 9.90. The summed E-state index contributed by atoms with van der Waals surface area (Å²) in [5.74, 6) is -0.309. The Morgan fingerprint density at radius 1 is 1.26 bits per heavy atom. The average molecular weight is 371 g/mol. The van der Waals surface area contributed by atoms with E-state index >= 15 is 0 Å². The number of carbonyl (C=O) groups is 3. The predicted octanol–water partition coefficient (Wildman–Crippen LogP) is 3.00. The van der Waals surface area contributed by atoms with Crippen LogP contribution in [-0.2, 0) is 15.1 Å². The van der Waals surface area contributed by atoms with Crippen LogP contribution >= 0.6 is 0 Å². The molecular weight excluding hydrogens is 342 g/mol. The largest absolute Gasteiger partial charge is 0.337 e. The zero-order valence-electron chi connectivity index (χ0n) is 16.8. The zero-order valence-corrected chi connectivity index (χ0v) is 16.8. The summed E-state index contributed by atoms with van der Waals surface area (Å²) < 4.78 is 0. The molecule has 6 heteroatoms. The Balaban J connectivity index is 2.20. The van der Waals surface area contributed by atoms with Crippen LogP contribution in [0.1, 0.15) is 51.7 Å². The molecule has 1 unspecified atom stereocenters. The normalized spacial score (nSPS) is 19.4. The Morgan fingerprint density at radius 2 is 1.85 bits per heavy atom. The number of imide groups is 1. The Hall–Kier alpha value is -2.63. The molecule has 4 amide bonds. The van der Waals surface area contributed by atoms with Crippen molar-refractivity contribution in [3.8, 4) is 0 Å². The molecule has 1 aliphatic rings. The third-order valence-corrected chi connectivity index (χ3v) is 4.92. The van der Waals surface area contributed by atoms with Crippen LogP contribution in [0, 0.1) is 0 Å². The van der Waals surface area contributed by atoms with Crippen LogP contribution in [0.3, 0.4) is 0 Å². The SMILES string of the molecule is C=C(C)CN(CC)C(=O)CN1C(=O)NC(C)(c2ccc(C(C)C)cc2)C1=O. The topological polar surface area (TPSA) is 69.7 Å². The Kier molecular flexibility index (Phi) is 6.08. The van der Waals surface area contributed by atoms with Crippen LogP contribution in [-0.4, -0.2) is 47.3 Å². The molecule has 1 aromatic carbocycles. The van der Waals surface area contributed by atoms with Gasteiger partial charge in [-0.25, -0.2) is 4.79 Å². The molecule has 6 nitrogen and oxygen atoms in total. The van der Waals surface area contributed by atoms with E-state index in [-0.39, 0.29) is 12.5 Å². The highest BCUT2D eigenvalue weighted by Gasteiger charge is 2.49. The van der Waals surface area contributed by atoms with Gasteiger partial charge in [0.15, 0.2) is 0 Å². The van der Waals surface area contributed by atoms with Crippen LogP contribution in [0.15, 0.2) is 36.4 Å². The van der Waals surface area contributed by atoms with Crippen LogP contribution in [0.2, 0.25) is 0 Å². The van der Waals surface area contributed by atoms with Crippen molar-refractivity contribution in [3.05, 3.63) is 47.5 Å². The Labute approximate surface area is 161 Å². The molecule has 27 heavy (non-hydrogen) atoms. The van der Waals surface area contributed by atoms with Gasteiger partial charge in [-0.3, -0.25) is 14.5 Å². The van der Waals surface area contributed by atoms with Gasteiger partial charge in [-0.1, -0.05) is 50.3 Å². The van der Waals surface area contributed by atoms with E-state index in [2.05, 4.69) is 25.7 Å². The Morgan fingerprint density at radius 3 is 2.33 bits per heavy atom. The molecule has 1 atom stereocenters. The van der Waals surface area contributed by atoms with Gasteiger partial charge >= 0.3 is 6.03 Å². The minimum atomic E-state index is -1.17. The van der Waals surface area contributed by atoms with Crippen molar-refractivity contribution in [3.63, 3.8) is 0 Å². The summed E-state index contributed by atoms with van der Waals surface area (Å²) in [5, 5.41) is 2.75. The second-order valence-corrected chi connectivity index (χ2v) is 7.59.